The monoisotopic (exact) mass is 380 g/mol. The number of pyridine rings is 1. The van der Waals surface area contributed by atoms with Gasteiger partial charge < -0.3 is 4.74 Å². The molecule has 4 heteroatoms. The third-order valence-corrected chi connectivity index (χ3v) is 4.94. The first-order valence-corrected chi connectivity index (χ1v) is 7.81. The van der Waals surface area contributed by atoms with E-state index in [4.69, 9.17) is 4.74 Å². The molecule has 1 aliphatic rings. The van der Waals surface area contributed by atoms with Crippen LogP contribution in [0.5, 0.6) is 0 Å². The summed E-state index contributed by atoms with van der Waals surface area (Å²) in [6.45, 7) is 4.76. The number of aromatic nitrogens is 1. The molecule has 3 rings (SSSR count). The summed E-state index contributed by atoms with van der Waals surface area (Å²) >= 11 is 2.40. The molecule has 0 spiro atoms. The van der Waals surface area contributed by atoms with Crippen molar-refractivity contribution in [1.82, 2.24) is 9.88 Å². The van der Waals surface area contributed by atoms with Crippen molar-refractivity contribution in [3.63, 3.8) is 0 Å². The van der Waals surface area contributed by atoms with Crippen LogP contribution in [0.2, 0.25) is 0 Å². The van der Waals surface area contributed by atoms with E-state index < -0.39 is 0 Å². The van der Waals surface area contributed by atoms with Crippen LogP contribution in [-0.4, -0.2) is 23.0 Å². The minimum atomic E-state index is -0.359. The minimum absolute atomic E-state index is 0.359. The van der Waals surface area contributed by atoms with Gasteiger partial charge in [0.05, 0.1) is 6.61 Å². The summed E-state index contributed by atoms with van der Waals surface area (Å²) in [4.78, 5) is 6.48. The molecule has 1 aliphatic heterocycles. The molecule has 2 aromatic rings. The molecule has 0 N–H and O–H groups in total. The lowest BCUT2D eigenvalue weighted by Crippen LogP contribution is -2.39. The van der Waals surface area contributed by atoms with E-state index in [0.717, 1.165) is 25.3 Å². The van der Waals surface area contributed by atoms with E-state index in [1.54, 1.807) is 0 Å². The van der Waals surface area contributed by atoms with Crippen LogP contribution in [0.25, 0.3) is 0 Å². The maximum absolute atomic E-state index is 6.05. The molecule has 20 heavy (non-hydrogen) atoms. The molecule has 1 atom stereocenters. The van der Waals surface area contributed by atoms with Crippen LogP contribution in [-0.2, 0) is 17.0 Å². The van der Waals surface area contributed by atoms with Crippen LogP contribution in [0, 0.1) is 3.57 Å². The molecule has 1 aromatic carbocycles. The van der Waals surface area contributed by atoms with E-state index in [9.17, 15) is 0 Å². The van der Waals surface area contributed by atoms with Crippen LogP contribution in [0.4, 0.5) is 0 Å². The lowest BCUT2D eigenvalue weighted by atomic mass is 10.0. The van der Waals surface area contributed by atoms with E-state index >= 15 is 0 Å². The molecular weight excluding hydrogens is 363 g/mol. The zero-order valence-corrected chi connectivity index (χ0v) is 13.6. The fourth-order valence-electron chi connectivity index (χ4n) is 2.65. The van der Waals surface area contributed by atoms with Crippen molar-refractivity contribution in [1.29, 1.82) is 0 Å². The molecule has 0 radical (unpaired) electrons. The third kappa shape index (κ3) is 2.60. The van der Waals surface area contributed by atoms with Gasteiger partial charge in [-0.1, -0.05) is 18.2 Å². The molecule has 0 aliphatic carbocycles. The van der Waals surface area contributed by atoms with Gasteiger partial charge in [-0.15, -0.1) is 0 Å². The molecule has 3 nitrogen and oxygen atoms in total. The Kier molecular flexibility index (Phi) is 4.05. The summed E-state index contributed by atoms with van der Waals surface area (Å²) in [7, 11) is 0. The molecule has 1 fully saturated rings. The zero-order valence-electron chi connectivity index (χ0n) is 11.4. The Morgan fingerprint density at radius 2 is 2.00 bits per heavy atom. The number of nitrogens with zero attached hydrogens (tertiary/aromatic N) is 2. The summed E-state index contributed by atoms with van der Waals surface area (Å²) in [5.74, 6) is 0. The molecule has 0 amide bonds. The van der Waals surface area contributed by atoms with Crippen LogP contribution >= 0.6 is 22.6 Å². The van der Waals surface area contributed by atoms with Gasteiger partial charge in [-0.05, 0) is 53.3 Å². The van der Waals surface area contributed by atoms with Gasteiger partial charge in [0.2, 0.25) is 0 Å². The first kappa shape index (κ1) is 14.0. The number of ether oxygens (including phenoxy) is 1. The smallest absolute Gasteiger partial charge is 0.145 e. The van der Waals surface area contributed by atoms with E-state index in [0.29, 0.717) is 0 Å². The van der Waals surface area contributed by atoms with Crippen LogP contribution in [0.3, 0.4) is 0 Å². The van der Waals surface area contributed by atoms with Gasteiger partial charge in [0.1, 0.15) is 5.72 Å². The second-order valence-electron chi connectivity index (χ2n) is 5.08. The van der Waals surface area contributed by atoms with E-state index in [1.807, 2.05) is 24.5 Å². The standard InChI is InChI=1S/C16H17IN2O/c1-16(14-6-8-18-9-7-14)19(10-11-20-16)12-13-4-2-3-5-15(13)17/h2-9H,10-12H2,1H3. The number of halogens is 1. The quantitative estimate of drug-likeness (QED) is 0.764. The predicted octanol–water partition coefficient (Wildman–Crippen LogP) is 3.39. The third-order valence-electron chi connectivity index (χ3n) is 3.88. The zero-order chi connectivity index (χ0) is 14.0. The summed E-state index contributed by atoms with van der Waals surface area (Å²) in [5.41, 5.74) is 2.15. The Labute approximate surface area is 133 Å². The lowest BCUT2D eigenvalue weighted by molar-refractivity contribution is -0.0766. The van der Waals surface area contributed by atoms with Gasteiger partial charge in [0.25, 0.3) is 0 Å². The Bertz CT molecular complexity index is 590. The summed E-state index contributed by atoms with van der Waals surface area (Å²) in [6.07, 6.45) is 3.65. The Morgan fingerprint density at radius 1 is 1.25 bits per heavy atom. The highest BCUT2D eigenvalue weighted by molar-refractivity contribution is 14.1. The fourth-order valence-corrected chi connectivity index (χ4v) is 3.21. The fraction of sp³-hybridized carbons (Fsp3) is 0.312. The van der Waals surface area contributed by atoms with Gasteiger partial charge in [-0.3, -0.25) is 9.88 Å². The number of rotatable bonds is 3. The van der Waals surface area contributed by atoms with E-state index in [2.05, 4.69) is 63.7 Å². The molecule has 0 bridgehead atoms. The maximum atomic E-state index is 6.05. The van der Waals surface area contributed by atoms with Crippen molar-refractivity contribution in [3.8, 4) is 0 Å². The lowest BCUT2D eigenvalue weighted by Gasteiger charge is -2.34. The number of hydrogen-bond donors (Lipinski definition) is 0. The van der Waals surface area contributed by atoms with Gasteiger partial charge in [0, 0.05) is 34.6 Å². The summed E-state index contributed by atoms with van der Waals surface area (Å²) in [5, 5.41) is 0. The van der Waals surface area contributed by atoms with Crippen molar-refractivity contribution in [2.45, 2.75) is 19.2 Å². The molecule has 1 saturated heterocycles. The van der Waals surface area contributed by atoms with Crippen molar-refractivity contribution >= 4 is 22.6 Å². The van der Waals surface area contributed by atoms with Gasteiger partial charge >= 0.3 is 0 Å². The maximum Gasteiger partial charge on any atom is 0.145 e. The highest BCUT2D eigenvalue weighted by atomic mass is 127. The Balaban J connectivity index is 1.88. The highest BCUT2D eigenvalue weighted by Crippen LogP contribution is 2.35. The first-order valence-electron chi connectivity index (χ1n) is 6.73. The predicted molar refractivity (Wildman–Crippen MR) is 87.1 cm³/mol. The molecule has 104 valence electrons. The largest absolute Gasteiger partial charge is 0.355 e. The molecule has 0 saturated carbocycles. The van der Waals surface area contributed by atoms with Gasteiger partial charge in [-0.2, -0.15) is 0 Å². The molecule has 1 unspecified atom stereocenters. The average Bonchev–Trinajstić information content (AvgIpc) is 2.85. The SMILES string of the molecule is CC1(c2ccncc2)OCCN1Cc1ccccc1I. The second kappa shape index (κ2) is 5.79. The highest BCUT2D eigenvalue weighted by Gasteiger charge is 2.39. The number of benzene rings is 1. The van der Waals surface area contributed by atoms with Crippen LogP contribution in [0.15, 0.2) is 48.8 Å². The summed E-state index contributed by atoms with van der Waals surface area (Å²) in [6, 6.07) is 12.6. The number of hydrogen-bond acceptors (Lipinski definition) is 3. The van der Waals surface area contributed by atoms with Crippen molar-refractivity contribution < 1.29 is 4.74 Å². The van der Waals surface area contributed by atoms with Crippen molar-refractivity contribution in [3.05, 3.63) is 63.5 Å². The van der Waals surface area contributed by atoms with E-state index in [-0.39, 0.29) is 5.72 Å². The van der Waals surface area contributed by atoms with Crippen molar-refractivity contribution in [2.24, 2.45) is 0 Å². The van der Waals surface area contributed by atoms with Crippen molar-refractivity contribution in [2.75, 3.05) is 13.2 Å². The average molecular weight is 380 g/mol. The molecule has 2 heterocycles. The first-order chi connectivity index (χ1) is 9.70. The Hall–Kier alpha value is -0.980. The van der Waals surface area contributed by atoms with Gasteiger partial charge in [-0.25, -0.2) is 0 Å². The summed E-state index contributed by atoms with van der Waals surface area (Å²) < 4.78 is 7.35. The molecular formula is C16H17IN2O. The van der Waals surface area contributed by atoms with Gasteiger partial charge in [0.15, 0.2) is 0 Å². The normalized spacial score (nSPS) is 23.1. The van der Waals surface area contributed by atoms with E-state index in [1.165, 1.54) is 9.13 Å². The second-order valence-corrected chi connectivity index (χ2v) is 6.24. The Morgan fingerprint density at radius 3 is 2.75 bits per heavy atom. The minimum Gasteiger partial charge on any atom is -0.355 e. The van der Waals surface area contributed by atoms with Crippen LogP contribution in [0.1, 0.15) is 18.1 Å². The topological polar surface area (TPSA) is 25.4 Å². The van der Waals surface area contributed by atoms with Crippen LogP contribution < -0.4 is 0 Å². The molecule has 1 aromatic heterocycles.